The molecule has 96 valence electrons. The molecule has 0 amide bonds. The molecule has 3 N–H and O–H groups in total. The van der Waals surface area contributed by atoms with Gasteiger partial charge in [-0.05, 0) is 26.0 Å². The molecule has 1 saturated heterocycles. The molecular formula is C13H18N4O. The Bertz CT molecular complexity index is 578. The molecular weight excluding hydrogens is 228 g/mol. The summed E-state index contributed by atoms with van der Waals surface area (Å²) in [5.74, 6) is 6.08. The van der Waals surface area contributed by atoms with Crippen molar-refractivity contribution in [2.24, 2.45) is 5.84 Å². The van der Waals surface area contributed by atoms with Gasteiger partial charge in [0, 0.05) is 23.5 Å². The van der Waals surface area contributed by atoms with Crippen molar-refractivity contribution in [3.8, 4) is 0 Å². The van der Waals surface area contributed by atoms with Crippen LogP contribution in [-0.2, 0) is 4.74 Å². The van der Waals surface area contributed by atoms with Crippen LogP contribution in [0.4, 0.5) is 0 Å². The zero-order valence-corrected chi connectivity index (χ0v) is 10.7. The van der Waals surface area contributed by atoms with E-state index in [0.29, 0.717) is 13.2 Å². The van der Waals surface area contributed by atoms with Crippen molar-refractivity contribution >= 4 is 11.0 Å². The van der Waals surface area contributed by atoms with E-state index < -0.39 is 0 Å². The topological polar surface area (TPSA) is 67.2 Å². The van der Waals surface area contributed by atoms with Gasteiger partial charge in [0.1, 0.15) is 0 Å². The fourth-order valence-corrected chi connectivity index (χ4v) is 2.58. The lowest BCUT2D eigenvalue weighted by atomic mass is 10.1. The summed E-state index contributed by atoms with van der Waals surface area (Å²) in [5.41, 5.74) is 5.37. The van der Waals surface area contributed by atoms with Crippen LogP contribution in [0.25, 0.3) is 11.0 Å². The van der Waals surface area contributed by atoms with Gasteiger partial charge in [0.25, 0.3) is 0 Å². The van der Waals surface area contributed by atoms with E-state index in [4.69, 9.17) is 10.6 Å². The Kier molecular flexibility index (Phi) is 2.81. The summed E-state index contributed by atoms with van der Waals surface area (Å²) in [7, 11) is 0. The van der Waals surface area contributed by atoms with Gasteiger partial charge in [0.05, 0.1) is 30.3 Å². The molecule has 5 heteroatoms. The summed E-state index contributed by atoms with van der Waals surface area (Å²) in [5, 5.41) is 1.85. The standard InChI is InChI=1S/C13H18N4O/c1-8-3-4-10-13(15-8)12(9(2)16-10)11-7-18-6-5-17(11)14/h3-4,11,16H,5-7,14H2,1-2H3. The average Bonchev–Trinajstić information content (AvgIpc) is 2.66. The molecule has 3 rings (SSSR count). The smallest absolute Gasteiger partial charge is 0.0934 e. The first kappa shape index (κ1) is 11.6. The van der Waals surface area contributed by atoms with Crippen molar-refractivity contribution in [2.75, 3.05) is 19.8 Å². The number of hydrogen-bond acceptors (Lipinski definition) is 4. The Labute approximate surface area is 106 Å². The van der Waals surface area contributed by atoms with E-state index in [1.165, 1.54) is 0 Å². The van der Waals surface area contributed by atoms with Crippen molar-refractivity contribution in [3.63, 3.8) is 0 Å². The molecule has 0 aliphatic carbocycles. The fourth-order valence-electron chi connectivity index (χ4n) is 2.58. The third-order valence-corrected chi connectivity index (χ3v) is 3.52. The number of ether oxygens (including phenoxy) is 1. The average molecular weight is 246 g/mol. The Morgan fingerprint density at radius 3 is 3.06 bits per heavy atom. The van der Waals surface area contributed by atoms with Gasteiger partial charge in [-0.25, -0.2) is 5.01 Å². The predicted molar refractivity (Wildman–Crippen MR) is 70.0 cm³/mol. The number of nitrogens with two attached hydrogens (primary N) is 1. The van der Waals surface area contributed by atoms with Gasteiger partial charge in [-0.2, -0.15) is 0 Å². The van der Waals surface area contributed by atoms with Gasteiger partial charge in [0.2, 0.25) is 0 Å². The van der Waals surface area contributed by atoms with E-state index in [1.807, 2.05) is 18.0 Å². The van der Waals surface area contributed by atoms with Crippen molar-refractivity contribution < 1.29 is 4.74 Å². The number of rotatable bonds is 1. The molecule has 18 heavy (non-hydrogen) atoms. The summed E-state index contributed by atoms with van der Waals surface area (Å²) in [4.78, 5) is 8.01. The first-order chi connectivity index (χ1) is 8.66. The number of hydrogen-bond donors (Lipinski definition) is 2. The molecule has 0 aromatic carbocycles. The summed E-state index contributed by atoms with van der Waals surface area (Å²) < 4.78 is 5.55. The lowest BCUT2D eigenvalue weighted by Gasteiger charge is -2.32. The number of pyridine rings is 1. The van der Waals surface area contributed by atoms with E-state index in [0.717, 1.165) is 34.5 Å². The van der Waals surface area contributed by atoms with Crippen LogP contribution >= 0.6 is 0 Å². The molecule has 5 nitrogen and oxygen atoms in total. The van der Waals surface area contributed by atoms with Gasteiger partial charge >= 0.3 is 0 Å². The maximum Gasteiger partial charge on any atom is 0.0934 e. The van der Waals surface area contributed by atoms with Crippen molar-refractivity contribution in [1.82, 2.24) is 15.0 Å². The highest BCUT2D eigenvalue weighted by molar-refractivity contribution is 5.81. The zero-order chi connectivity index (χ0) is 12.7. The number of aromatic amines is 1. The number of aromatic nitrogens is 2. The van der Waals surface area contributed by atoms with Gasteiger partial charge in [-0.3, -0.25) is 10.8 Å². The van der Waals surface area contributed by atoms with Crippen LogP contribution < -0.4 is 5.84 Å². The lowest BCUT2D eigenvalue weighted by molar-refractivity contribution is -0.00870. The van der Waals surface area contributed by atoms with Crippen LogP contribution in [0, 0.1) is 13.8 Å². The maximum atomic E-state index is 6.08. The second kappa shape index (κ2) is 4.35. The lowest BCUT2D eigenvalue weighted by Crippen LogP contribution is -2.44. The number of nitrogens with zero attached hydrogens (tertiary/aromatic N) is 2. The minimum Gasteiger partial charge on any atom is -0.378 e. The van der Waals surface area contributed by atoms with Gasteiger partial charge in [0.15, 0.2) is 0 Å². The summed E-state index contributed by atoms with van der Waals surface area (Å²) in [6, 6.07) is 4.17. The SMILES string of the molecule is Cc1ccc2[nH]c(C)c(C3COCCN3N)c2n1. The fraction of sp³-hybridized carbons (Fsp3) is 0.462. The molecule has 1 aliphatic heterocycles. The number of fused-ring (bicyclic) bond motifs is 1. The second-order valence-electron chi connectivity index (χ2n) is 4.84. The van der Waals surface area contributed by atoms with Crippen LogP contribution in [0.5, 0.6) is 0 Å². The quantitative estimate of drug-likeness (QED) is 0.747. The minimum absolute atomic E-state index is 0.0850. The van der Waals surface area contributed by atoms with Crippen LogP contribution in [0.1, 0.15) is 23.0 Å². The van der Waals surface area contributed by atoms with Crippen LogP contribution in [0.2, 0.25) is 0 Å². The van der Waals surface area contributed by atoms with E-state index in [-0.39, 0.29) is 6.04 Å². The molecule has 0 radical (unpaired) electrons. The molecule has 3 heterocycles. The summed E-state index contributed by atoms with van der Waals surface area (Å²) in [6.45, 7) is 6.14. The number of morpholine rings is 1. The molecule has 1 atom stereocenters. The third kappa shape index (κ3) is 1.80. The van der Waals surface area contributed by atoms with Gasteiger partial charge in [-0.15, -0.1) is 0 Å². The molecule has 1 fully saturated rings. The zero-order valence-electron chi connectivity index (χ0n) is 10.7. The molecule has 2 aromatic heterocycles. The minimum atomic E-state index is 0.0850. The highest BCUT2D eigenvalue weighted by Crippen LogP contribution is 2.30. The third-order valence-electron chi connectivity index (χ3n) is 3.52. The predicted octanol–water partition coefficient (Wildman–Crippen LogP) is 1.43. The first-order valence-electron chi connectivity index (χ1n) is 6.21. The second-order valence-corrected chi connectivity index (χ2v) is 4.84. The van der Waals surface area contributed by atoms with E-state index in [2.05, 4.69) is 23.0 Å². The van der Waals surface area contributed by atoms with Gasteiger partial charge in [-0.1, -0.05) is 0 Å². The van der Waals surface area contributed by atoms with Crippen molar-refractivity contribution in [3.05, 3.63) is 29.1 Å². The van der Waals surface area contributed by atoms with Crippen molar-refractivity contribution in [1.29, 1.82) is 0 Å². The normalized spacial score (nSPS) is 21.6. The van der Waals surface area contributed by atoms with Crippen LogP contribution in [0.3, 0.4) is 0 Å². The van der Waals surface area contributed by atoms with Crippen LogP contribution in [-0.4, -0.2) is 34.7 Å². The Morgan fingerprint density at radius 2 is 2.28 bits per heavy atom. The summed E-state index contributed by atoms with van der Waals surface area (Å²) in [6.07, 6.45) is 0. The molecule has 1 unspecified atom stereocenters. The molecule has 0 saturated carbocycles. The number of aryl methyl sites for hydroxylation is 2. The monoisotopic (exact) mass is 246 g/mol. The van der Waals surface area contributed by atoms with E-state index in [1.54, 1.807) is 0 Å². The summed E-state index contributed by atoms with van der Waals surface area (Å²) >= 11 is 0. The van der Waals surface area contributed by atoms with Crippen LogP contribution in [0.15, 0.2) is 12.1 Å². The Morgan fingerprint density at radius 1 is 1.44 bits per heavy atom. The number of H-pyrrole nitrogens is 1. The molecule has 0 spiro atoms. The number of nitrogens with one attached hydrogen (secondary N) is 1. The van der Waals surface area contributed by atoms with E-state index in [9.17, 15) is 0 Å². The first-order valence-corrected chi connectivity index (χ1v) is 6.21. The highest BCUT2D eigenvalue weighted by atomic mass is 16.5. The highest BCUT2D eigenvalue weighted by Gasteiger charge is 2.27. The largest absolute Gasteiger partial charge is 0.378 e. The Balaban J connectivity index is 2.14. The van der Waals surface area contributed by atoms with Crippen molar-refractivity contribution in [2.45, 2.75) is 19.9 Å². The molecule has 0 bridgehead atoms. The molecule has 2 aromatic rings. The van der Waals surface area contributed by atoms with Gasteiger partial charge < -0.3 is 9.72 Å². The number of hydrazine groups is 1. The molecule has 1 aliphatic rings. The maximum absolute atomic E-state index is 6.08. The Hall–Kier alpha value is -1.43. The van der Waals surface area contributed by atoms with E-state index >= 15 is 0 Å².